The molecule has 2 aromatic heterocycles. The highest BCUT2D eigenvalue weighted by molar-refractivity contribution is 6.32. The van der Waals surface area contributed by atoms with Crippen molar-refractivity contribution in [3.8, 4) is 5.69 Å². The fourth-order valence-corrected chi connectivity index (χ4v) is 2.19. The molecule has 0 bridgehead atoms. The Morgan fingerprint density at radius 1 is 1.25 bits per heavy atom. The van der Waals surface area contributed by atoms with E-state index in [4.69, 9.17) is 17.3 Å². The van der Waals surface area contributed by atoms with Crippen LogP contribution in [0.5, 0.6) is 0 Å². The number of nitrogens with two attached hydrogens (primary N) is 1. The van der Waals surface area contributed by atoms with E-state index >= 15 is 0 Å². The number of benzene rings is 1. The number of para-hydroxylation sites is 1. The Hall–Kier alpha value is -2.18. The molecule has 0 radical (unpaired) electrons. The summed E-state index contributed by atoms with van der Waals surface area (Å²) < 4.78 is 1.70. The molecule has 0 spiro atoms. The van der Waals surface area contributed by atoms with Crippen LogP contribution in [0.25, 0.3) is 16.7 Å². The summed E-state index contributed by atoms with van der Waals surface area (Å²) in [5, 5.41) is 8.96. The summed E-state index contributed by atoms with van der Waals surface area (Å²) in [5.41, 5.74) is 6.98. The lowest BCUT2D eigenvalue weighted by Crippen LogP contribution is -2.14. The van der Waals surface area contributed by atoms with E-state index in [1.54, 1.807) is 10.9 Å². The van der Waals surface area contributed by atoms with Gasteiger partial charge in [0, 0.05) is 13.1 Å². The molecule has 102 valence electrons. The number of halogens is 1. The minimum Gasteiger partial charge on any atom is -0.368 e. The topological polar surface area (TPSA) is 81.7 Å². The molecule has 0 aliphatic rings. The zero-order valence-electron chi connectivity index (χ0n) is 10.6. The van der Waals surface area contributed by atoms with Gasteiger partial charge in [-0.25, -0.2) is 14.6 Å². The summed E-state index contributed by atoms with van der Waals surface area (Å²) in [7, 11) is 0. The molecule has 0 fully saturated rings. The van der Waals surface area contributed by atoms with Crippen LogP contribution < -0.4 is 11.1 Å². The average Bonchev–Trinajstić information content (AvgIpc) is 2.90. The number of rotatable bonds is 4. The van der Waals surface area contributed by atoms with Gasteiger partial charge in [-0.05, 0) is 12.1 Å². The lowest BCUT2D eigenvalue weighted by atomic mass is 10.3. The van der Waals surface area contributed by atoms with Crippen molar-refractivity contribution in [3.63, 3.8) is 0 Å². The Morgan fingerprint density at radius 3 is 2.90 bits per heavy atom. The van der Waals surface area contributed by atoms with Crippen molar-refractivity contribution in [1.82, 2.24) is 19.7 Å². The first kappa shape index (κ1) is 12.8. The monoisotopic (exact) mass is 288 g/mol. The lowest BCUT2D eigenvalue weighted by molar-refractivity contribution is 0.895. The number of hydrogen-bond donors (Lipinski definition) is 2. The molecular weight excluding hydrogens is 276 g/mol. The number of hydrogen-bond acceptors (Lipinski definition) is 5. The molecule has 1 aromatic carbocycles. The van der Waals surface area contributed by atoms with Crippen LogP contribution in [0, 0.1) is 0 Å². The normalized spacial score (nSPS) is 10.9. The largest absolute Gasteiger partial charge is 0.368 e. The number of nitrogens with zero attached hydrogens (tertiary/aromatic N) is 4. The highest BCUT2D eigenvalue weighted by Crippen LogP contribution is 2.25. The predicted molar refractivity (Wildman–Crippen MR) is 79.2 cm³/mol. The van der Waals surface area contributed by atoms with Gasteiger partial charge in [0.05, 0.1) is 22.3 Å². The minimum absolute atomic E-state index is 0.532. The van der Waals surface area contributed by atoms with Gasteiger partial charge in [0.25, 0.3) is 0 Å². The number of nitrogens with one attached hydrogen (secondary N) is 1. The Morgan fingerprint density at radius 2 is 2.10 bits per heavy atom. The lowest BCUT2D eigenvalue weighted by Gasteiger charge is -2.06. The Bertz CT molecular complexity index is 739. The Balaban J connectivity index is 2.13. The smallest absolute Gasteiger partial charge is 0.168 e. The average molecular weight is 289 g/mol. The van der Waals surface area contributed by atoms with Crippen molar-refractivity contribution in [2.45, 2.75) is 0 Å². The molecule has 0 aliphatic carbocycles. The first-order valence-corrected chi connectivity index (χ1v) is 6.56. The SMILES string of the molecule is NCCNc1ncnc2c1cnn2-c1ccccc1Cl. The third-order valence-corrected chi connectivity index (χ3v) is 3.20. The van der Waals surface area contributed by atoms with Crippen molar-refractivity contribution < 1.29 is 0 Å². The molecule has 2 heterocycles. The zero-order valence-corrected chi connectivity index (χ0v) is 11.4. The van der Waals surface area contributed by atoms with E-state index in [-0.39, 0.29) is 0 Å². The number of aromatic nitrogens is 4. The van der Waals surface area contributed by atoms with Crippen molar-refractivity contribution in [2.24, 2.45) is 5.73 Å². The van der Waals surface area contributed by atoms with Gasteiger partial charge in [-0.15, -0.1) is 0 Å². The van der Waals surface area contributed by atoms with E-state index in [2.05, 4.69) is 20.4 Å². The van der Waals surface area contributed by atoms with Gasteiger partial charge in [-0.1, -0.05) is 23.7 Å². The van der Waals surface area contributed by atoms with E-state index in [0.717, 1.165) is 16.9 Å². The van der Waals surface area contributed by atoms with Crippen LogP contribution in [0.4, 0.5) is 5.82 Å². The van der Waals surface area contributed by atoms with Crippen LogP contribution in [0.2, 0.25) is 5.02 Å². The van der Waals surface area contributed by atoms with E-state index in [9.17, 15) is 0 Å². The maximum Gasteiger partial charge on any atom is 0.168 e. The van der Waals surface area contributed by atoms with Gasteiger partial charge in [-0.3, -0.25) is 0 Å². The molecule has 7 heteroatoms. The van der Waals surface area contributed by atoms with Crippen LogP contribution >= 0.6 is 11.6 Å². The van der Waals surface area contributed by atoms with Crippen molar-refractivity contribution in [1.29, 1.82) is 0 Å². The zero-order chi connectivity index (χ0) is 13.9. The second-order valence-electron chi connectivity index (χ2n) is 4.18. The quantitative estimate of drug-likeness (QED) is 0.765. The highest BCUT2D eigenvalue weighted by Gasteiger charge is 2.12. The van der Waals surface area contributed by atoms with Gasteiger partial charge in [0.1, 0.15) is 12.1 Å². The van der Waals surface area contributed by atoms with E-state index in [0.29, 0.717) is 23.8 Å². The first-order chi connectivity index (χ1) is 9.81. The molecule has 0 atom stereocenters. The molecule has 0 unspecified atom stereocenters. The molecule has 0 amide bonds. The summed E-state index contributed by atoms with van der Waals surface area (Å²) in [6, 6.07) is 7.49. The number of anilines is 1. The van der Waals surface area contributed by atoms with Crippen molar-refractivity contribution in [3.05, 3.63) is 41.8 Å². The molecule has 0 saturated heterocycles. The molecule has 20 heavy (non-hydrogen) atoms. The van der Waals surface area contributed by atoms with Crippen molar-refractivity contribution in [2.75, 3.05) is 18.4 Å². The Labute approximate surface area is 120 Å². The molecule has 3 rings (SSSR count). The first-order valence-electron chi connectivity index (χ1n) is 6.19. The van der Waals surface area contributed by atoms with Gasteiger partial charge in [0.15, 0.2) is 5.65 Å². The summed E-state index contributed by atoms with van der Waals surface area (Å²) in [6.45, 7) is 1.17. The summed E-state index contributed by atoms with van der Waals surface area (Å²) in [4.78, 5) is 8.50. The third-order valence-electron chi connectivity index (χ3n) is 2.88. The van der Waals surface area contributed by atoms with Crippen molar-refractivity contribution >= 4 is 28.5 Å². The molecule has 6 nitrogen and oxygen atoms in total. The van der Waals surface area contributed by atoms with Gasteiger partial charge in [-0.2, -0.15) is 5.10 Å². The molecule has 3 N–H and O–H groups in total. The second kappa shape index (κ2) is 5.44. The fraction of sp³-hybridized carbons (Fsp3) is 0.154. The van der Waals surface area contributed by atoms with Crippen LogP contribution in [0.15, 0.2) is 36.8 Å². The standard InChI is InChI=1S/C13H13ClN6/c14-10-3-1-2-4-11(10)20-13-9(7-19-20)12(16-6-5-15)17-8-18-13/h1-4,7-8H,5-6,15H2,(H,16,17,18). The van der Waals surface area contributed by atoms with Crippen LogP contribution in [-0.2, 0) is 0 Å². The van der Waals surface area contributed by atoms with Gasteiger partial charge < -0.3 is 11.1 Å². The summed E-state index contributed by atoms with van der Waals surface area (Å²) >= 11 is 6.20. The highest BCUT2D eigenvalue weighted by atomic mass is 35.5. The Kier molecular flexibility index (Phi) is 3.49. The molecule has 3 aromatic rings. The van der Waals surface area contributed by atoms with E-state index < -0.39 is 0 Å². The van der Waals surface area contributed by atoms with Crippen LogP contribution in [0.1, 0.15) is 0 Å². The third kappa shape index (κ3) is 2.19. The maximum absolute atomic E-state index is 6.20. The second-order valence-corrected chi connectivity index (χ2v) is 4.59. The van der Waals surface area contributed by atoms with Crippen LogP contribution in [-0.4, -0.2) is 32.8 Å². The van der Waals surface area contributed by atoms with Gasteiger partial charge >= 0.3 is 0 Å². The molecular formula is C13H13ClN6. The van der Waals surface area contributed by atoms with E-state index in [1.165, 1.54) is 6.33 Å². The molecule has 0 aliphatic heterocycles. The predicted octanol–water partition coefficient (Wildman–Crippen LogP) is 1.84. The number of fused-ring (bicyclic) bond motifs is 1. The minimum atomic E-state index is 0.532. The maximum atomic E-state index is 6.20. The summed E-state index contributed by atoms with van der Waals surface area (Å²) in [6.07, 6.45) is 3.22. The van der Waals surface area contributed by atoms with Crippen LogP contribution in [0.3, 0.4) is 0 Å². The fourth-order valence-electron chi connectivity index (χ4n) is 1.98. The molecule has 0 saturated carbocycles. The summed E-state index contributed by atoms with van der Waals surface area (Å²) in [5.74, 6) is 0.721. The van der Waals surface area contributed by atoms with Gasteiger partial charge in [0.2, 0.25) is 0 Å². The van der Waals surface area contributed by atoms with E-state index in [1.807, 2.05) is 24.3 Å².